The number of hydrogen-bond donors (Lipinski definition) is 1. The van der Waals surface area contributed by atoms with Crippen LogP contribution in [0.4, 0.5) is 0 Å². The molecule has 130 valence electrons. The molecule has 2 amide bonds. The predicted octanol–water partition coefficient (Wildman–Crippen LogP) is 3.05. The first-order chi connectivity index (χ1) is 11.5. The highest BCUT2D eigenvalue weighted by Crippen LogP contribution is 2.18. The van der Waals surface area contributed by atoms with Crippen LogP contribution in [0.3, 0.4) is 0 Å². The molecule has 0 aliphatic carbocycles. The number of hydrogen-bond acceptors (Lipinski definition) is 4. The highest BCUT2D eigenvalue weighted by molar-refractivity contribution is 5.95. The first-order valence-corrected chi connectivity index (χ1v) is 8.16. The maximum atomic E-state index is 12.8. The summed E-state index contributed by atoms with van der Waals surface area (Å²) in [5, 5.41) is 2.82. The third kappa shape index (κ3) is 4.75. The van der Waals surface area contributed by atoms with Crippen LogP contribution in [0, 0.1) is 13.8 Å². The quantitative estimate of drug-likeness (QED) is 0.806. The molecule has 0 fully saturated rings. The molecule has 0 spiro atoms. The third-order valence-electron chi connectivity index (χ3n) is 3.67. The zero-order valence-electron chi connectivity index (χ0n) is 14.4. The fraction of sp³-hybridized carbons (Fsp3) is 0.444. The summed E-state index contributed by atoms with van der Waals surface area (Å²) in [7, 11) is 0. The van der Waals surface area contributed by atoms with Crippen LogP contribution < -0.4 is 5.32 Å². The van der Waals surface area contributed by atoms with Crippen LogP contribution in [0.15, 0.2) is 33.3 Å². The second-order valence-electron chi connectivity index (χ2n) is 5.73. The number of nitrogens with zero attached hydrogens (tertiary/aromatic N) is 1. The van der Waals surface area contributed by atoms with Crippen molar-refractivity contribution < 1.29 is 18.4 Å². The van der Waals surface area contributed by atoms with Crippen molar-refractivity contribution >= 4 is 11.8 Å². The van der Waals surface area contributed by atoms with Crippen LogP contribution in [0.1, 0.15) is 47.4 Å². The summed E-state index contributed by atoms with van der Waals surface area (Å²) in [6.07, 6.45) is 2.70. The SMILES string of the molecule is CCCNC(=O)CCN(Cc1ccco1)C(=O)c1cc(C)oc1C. The summed E-state index contributed by atoms with van der Waals surface area (Å²) >= 11 is 0. The molecule has 6 heteroatoms. The Bertz CT molecular complexity index is 673. The van der Waals surface area contributed by atoms with Crippen LogP contribution in [0.25, 0.3) is 0 Å². The van der Waals surface area contributed by atoms with E-state index in [2.05, 4.69) is 5.32 Å². The number of amides is 2. The van der Waals surface area contributed by atoms with Crippen molar-refractivity contribution in [3.05, 3.63) is 47.3 Å². The summed E-state index contributed by atoms with van der Waals surface area (Å²) in [6.45, 7) is 6.84. The predicted molar refractivity (Wildman–Crippen MR) is 89.5 cm³/mol. The molecule has 0 aliphatic heterocycles. The number of furan rings is 2. The van der Waals surface area contributed by atoms with Crippen molar-refractivity contribution in [1.82, 2.24) is 10.2 Å². The van der Waals surface area contributed by atoms with Crippen LogP contribution in [0.5, 0.6) is 0 Å². The molecule has 0 atom stereocenters. The average Bonchev–Trinajstić information content (AvgIpc) is 3.17. The van der Waals surface area contributed by atoms with Gasteiger partial charge in [-0.25, -0.2) is 0 Å². The molecule has 0 aliphatic rings. The molecule has 2 heterocycles. The largest absolute Gasteiger partial charge is 0.467 e. The molecule has 0 aromatic carbocycles. The lowest BCUT2D eigenvalue weighted by Crippen LogP contribution is -2.35. The molecule has 2 aromatic heterocycles. The van der Waals surface area contributed by atoms with Gasteiger partial charge in [0.2, 0.25) is 5.91 Å². The van der Waals surface area contributed by atoms with Gasteiger partial charge in [0, 0.05) is 19.5 Å². The summed E-state index contributed by atoms with van der Waals surface area (Å²) in [4.78, 5) is 26.3. The molecular weight excluding hydrogens is 308 g/mol. The number of rotatable bonds is 8. The van der Waals surface area contributed by atoms with Crippen LogP contribution in [0.2, 0.25) is 0 Å². The number of aryl methyl sites for hydroxylation is 2. The number of nitrogens with one attached hydrogen (secondary N) is 1. The fourth-order valence-corrected chi connectivity index (χ4v) is 2.45. The first-order valence-electron chi connectivity index (χ1n) is 8.16. The zero-order valence-corrected chi connectivity index (χ0v) is 14.4. The topological polar surface area (TPSA) is 75.7 Å². The van der Waals surface area contributed by atoms with E-state index in [1.807, 2.05) is 13.0 Å². The van der Waals surface area contributed by atoms with Gasteiger partial charge in [-0.3, -0.25) is 9.59 Å². The van der Waals surface area contributed by atoms with Gasteiger partial charge >= 0.3 is 0 Å². The second-order valence-corrected chi connectivity index (χ2v) is 5.73. The van der Waals surface area contributed by atoms with E-state index < -0.39 is 0 Å². The average molecular weight is 332 g/mol. The van der Waals surface area contributed by atoms with Gasteiger partial charge in [0.15, 0.2) is 0 Å². The van der Waals surface area contributed by atoms with E-state index in [-0.39, 0.29) is 18.2 Å². The molecule has 0 saturated heterocycles. The summed E-state index contributed by atoms with van der Waals surface area (Å²) < 4.78 is 10.8. The normalized spacial score (nSPS) is 10.6. The van der Waals surface area contributed by atoms with Crippen molar-refractivity contribution in [2.45, 2.75) is 40.2 Å². The molecule has 2 aromatic rings. The van der Waals surface area contributed by atoms with Crippen LogP contribution in [-0.2, 0) is 11.3 Å². The van der Waals surface area contributed by atoms with E-state index in [4.69, 9.17) is 8.83 Å². The van der Waals surface area contributed by atoms with E-state index in [0.29, 0.717) is 42.5 Å². The van der Waals surface area contributed by atoms with E-state index in [0.717, 1.165) is 6.42 Å². The van der Waals surface area contributed by atoms with Crippen molar-refractivity contribution in [3.8, 4) is 0 Å². The van der Waals surface area contributed by atoms with Gasteiger partial charge in [-0.15, -0.1) is 0 Å². The Hall–Kier alpha value is -2.50. The Morgan fingerprint density at radius 3 is 2.67 bits per heavy atom. The van der Waals surface area contributed by atoms with Gasteiger partial charge in [0.1, 0.15) is 17.3 Å². The maximum absolute atomic E-state index is 12.8. The van der Waals surface area contributed by atoms with E-state index in [1.54, 1.807) is 37.1 Å². The van der Waals surface area contributed by atoms with Crippen LogP contribution in [-0.4, -0.2) is 29.8 Å². The summed E-state index contributed by atoms with van der Waals surface area (Å²) in [5.74, 6) is 1.72. The highest BCUT2D eigenvalue weighted by atomic mass is 16.3. The van der Waals surface area contributed by atoms with Gasteiger partial charge in [-0.1, -0.05) is 6.92 Å². The minimum absolute atomic E-state index is 0.0609. The maximum Gasteiger partial charge on any atom is 0.257 e. The van der Waals surface area contributed by atoms with Crippen molar-refractivity contribution in [1.29, 1.82) is 0 Å². The minimum atomic E-state index is -0.163. The van der Waals surface area contributed by atoms with E-state index >= 15 is 0 Å². The third-order valence-corrected chi connectivity index (χ3v) is 3.67. The standard InChI is InChI=1S/C18H24N2O4/c1-4-8-19-17(21)7-9-20(12-15-6-5-10-23-15)18(22)16-11-13(2)24-14(16)3/h5-6,10-11H,4,7-9,12H2,1-3H3,(H,19,21). The van der Waals surface area contributed by atoms with Gasteiger partial charge in [-0.2, -0.15) is 0 Å². The Labute approximate surface area is 141 Å². The zero-order chi connectivity index (χ0) is 17.5. The molecule has 0 radical (unpaired) electrons. The monoisotopic (exact) mass is 332 g/mol. The van der Waals surface area contributed by atoms with Crippen molar-refractivity contribution in [2.24, 2.45) is 0 Å². The van der Waals surface area contributed by atoms with Crippen molar-refractivity contribution in [2.75, 3.05) is 13.1 Å². The summed E-state index contributed by atoms with van der Waals surface area (Å²) in [6, 6.07) is 5.31. The number of carbonyl (C=O) groups is 2. The Morgan fingerprint density at radius 2 is 2.08 bits per heavy atom. The molecule has 0 bridgehead atoms. The van der Waals surface area contributed by atoms with Gasteiger partial charge in [0.25, 0.3) is 5.91 Å². The second kappa shape index (κ2) is 8.38. The molecule has 6 nitrogen and oxygen atoms in total. The van der Waals surface area contributed by atoms with Gasteiger partial charge in [0.05, 0.1) is 18.4 Å². The Kier molecular flexibility index (Phi) is 6.23. The summed E-state index contributed by atoms with van der Waals surface area (Å²) in [5.41, 5.74) is 0.521. The molecular formula is C18H24N2O4. The van der Waals surface area contributed by atoms with Gasteiger partial charge in [-0.05, 0) is 38.5 Å². The van der Waals surface area contributed by atoms with Gasteiger partial charge < -0.3 is 19.1 Å². The number of carbonyl (C=O) groups excluding carboxylic acids is 2. The first kappa shape index (κ1) is 17.8. The Balaban J connectivity index is 2.08. The smallest absolute Gasteiger partial charge is 0.257 e. The lowest BCUT2D eigenvalue weighted by molar-refractivity contribution is -0.121. The molecule has 0 saturated carbocycles. The fourth-order valence-electron chi connectivity index (χ4n) is 2.45. The molecule has 24 heavy (non-hydrogen) atoms. The van der Waals surface area contributed by atoms with E-state index in [1.165, 1.54) is 0 Å². The molecule has 2 rings (SSSR count). The lowest BCUT2D eigenvalue weighted by Gasteiger charge is -2.21. The lowest BCUT2D eigenvalue weighted by atomic mass is 10.2. The highest BCUT2D eigenvalue weighted by Gasteiger charge is 2.22. The molecule has 0 unspecified atom stereocenters. The van der Waals surface area contributed by atoms with E-state index in [9.17, 15) is 9.59 Å². The minimum Gasteiger partial charge on any atom is -0.467 e. The van der Waals surface area contributed by atoms with Crippen molar-refractivity contribution in [3.63, 3.8) is 0 Å². The van der Waals surface area contributed by atoms with Crippen LogP contribution >= 0.6 is 0 Å². The Morgan fingerprint density at radius 1 is 1.29 bits per heavy atom. The molecule has 1 N–H and O–H groups in total.